The van der Waals surface area contributed by atoms with Crippen LogP contribution < -0.4 is 10.6 Å². The number of ketones is 1. The van der Waals surface area contributed by atoms with E-state index in [2.05, 4.69) is 22.8 Å². The second kappa shape index (κ2) is 6.63. The molecule has 3 unspecified atom stereocenters. The Morgan fingerprint density at radius 1 is 1.31 bits per heavy atom. The van der Waals surface area contributed by atoms with Gasteiger partial charge in [0.25, 0.3) is 0 Å². The Balaban J connectivity index is 1.57. The summed E-state index contributed by atoms with van der Waals surface area (Å²) in [6.45, 7) is 4.70. The maximum absolute atomic E-state index is 11.8. The molecule has 0 bridgehead atoms. The Morgan fingerprint density at radius 2 is 2.08 bits per heavy atom. The fraction of sp³-hybridized carbons (Fsp3) is 0.450. The molecule has 1 aromatic rings. The Hall–Kier alpha value is -1.99. The molecule has 3 N–H and O–H groups in total. The van der Waals surface area contributed by atoms with Gasteiger partial charge in [-0.15, -0.1) is 0 Å². The first kappa shape index (κ1) is 17.4. The first-order valence-electron chi connectivity index (χ1n) is 9.07. The predicted octanol–water partition coefficient (Wildman–Crippen LogP) is 1.38. The molecular weight excluding hydrogens is 330 g/mol. The van der Waals surface area contributed by atoms with Gasteiger partial charge < -0.3 is 20.6 Å². The van der Waals surface area contributed by atoms with Crippen LogP contribution in [0, 0.1) is 0 Å². The van der Waals surface area contributed by atoms with Crippen molar-refractivity contribution in [2.45, 2.75) is 44.1 Å². The first-order valence-corrected chi connectivity index (χ1v) is 9.07. The van der Waals surface area contributed by atoms with Crippen molar-refractivity contribution in [2.75, 3.05) is 13.2 Å². The minimum Gasteiger partial charge on any atom is -0.368 e. The standard InChI is InChI=1S/C20H25N3O3/c1-20(2)22-16-11-14-10-15(24)12-26-19(14)17(18(16)23(20)25)21-9-8-13-6-4-3-5-7-13/h3-7,10-11,17-19,21-22,25H,8-9,12H2,1-2H3. The van der Waals surface area contributed by atoms with E-state index in [0.717, 1.165) is 24.2 Å². The molecule has 6 nitrogen and oxygen atoms in total. The van der Waals surface area contributed by atoms with Gasteiger partial charge in [0.2, 0.25) is 0 Å². The number of hydrogen-bond acceptors (Lipinski definition) is 6. The van der Waals surface area contributed by atoms with E-state index < -0.39 is 5.66 Å². The molecule has 4 rings (SSSR count). The Bertz CT molecular complexity index is 757. The molecule has 3 atom stereocenters. The molecule has 26 heavy (non-hydrogen) atoms. The summed E-state index contributed by atoms with van der Waals surface area (Å²) in [5.74, 6) is -0.0207. The molecule has 1 aliphatic carbocycles. The van der Waals surface area contributed by atoms with E-state index in [0.29, 0.717) is 0 Å². The highest BCUT2D eigenvalue weighted by Gasteiger charge is 2.51. The van der Waals surface area contributed by atoms with Crippen molar-refractivity contribution in [3.05, 3.63) is 59.3 Å². The van der Waals surface area contributed by atoms with Crippen molar-refractivity contribution in [1.29, 1.82) is 0 Å². The maximum atomic E-state index is 11.8. The van der Waals surface area contributed by atoms with Gasteiger partial charge in [0, 0.05) is 5.70 Å². The number of ether oxygens (including phenoxy) is 1. The summed E-state index contributed by atoms with van der Waals surface area (Å²) in [5.41, 5.74) is 2.46. The fourth-order valence-electron chi connectivity index (χ4n) is 4.04. The zero-order chi connectivity index (χ0) is 18.3. The van der Waals surface area contributed by atoms with Crippen molar-refractivity contribution >= 4 is 5.78 Å². The maximum Gasteiger partial charge on any atom is 0.181 e. The smallest absolute Gasteiger partial charge is 0.181 e. The van der Waals surface area contributed by atoms with Crippen LogP contribution in [-0.4, -0.2) is 53.1 Å². The van der Waals surface area contributed by atoms with Crippen LogP contribution in [0.3, 0.4) is 0 Å². The van der Waals surface area contributed by atoms with E-state index in [9.17, 15) is 10.0 Å². The largest absolute Gasteiger partial charge is 0.368 e. The number of nitrogens with one attached hydrogen (secondary N) is 2. The summed E-state index contributed by atoms with van der Waals surface area (Å²) in [6, 6.07) is 9.91. The third-order valence-corrected chi connectivity index (χ3v) is 5.29. The van der Waals surface area contributed by atoms with E-state index in [1.165, 1.54) is 10.6 Å². The molecule has 3 aliphatic rings. The molecule has 0 spiro atoms. The van der Waals surface area contributed by atoms with Gasteiger partial charge in [-0.05, 0) is 50.1 Å². The number of carbonyl (C=O) groups excluding carboxylic acids is 1. The van der Waals surface area contributed by atoms with Crippen molar-refractivity contribution in [1.82, 2.24) is 15.7 Å². The van der Waals surface area contributed by atoms with Crippen LogP contribution in [0.1, 0.15) is 19.4 Å². The van der Waals surface area contributed by atoms with Crippen LogP contribution in [0.15, 0.2) is 53.8 Å². The lowest BCUT2D eigenvalue weighted by Crippen LogP contribution is -2.59. The number of nitrogens with zero attached hydrogens (tertiary/aromatic N) is 1. The number of carbonyl (C=O) groups is 1. The highest BCUT2D eigenvalue weighted by molar-refractivity contribution is 5.93. The Kier molecular flexibility index (Phi) is 4.44. The van der Waals surface area contributed by atoms with Gasteiger partial charge in [-0.3, -0.25) is 4.79 Å². The van der Waals surface area contributed by atoms with Crippen LogP contribution in [-0.2, 0) is 16.0 Å². The first-order chi connectivity index (χ1) is 12.5. The van der Waals surface area contributed by atoms with Crippen molar-refractivity contribution < 1.29 is 14.7 Å². The number of rotatable bonds is 4. The Morgan fingerprint density at radius 3 is 2.85 bits per heavy atom. The zero-order valence-electron chi connectivity index (χ0n) is 15.1. The normalized spacial score (nSPS) is 30.1. The van der Waals surface area contributed by atoms with E-state index in [1.54, 1.807) is 6.08 Å². The zero-order valence-corrected chi connectivity index (χ0v) is 15.1. The summed E-state index contributed by atoms with van der Waals surface area (Å²) in [6.07, 6.45) is 4.25. The summed E-state index contributed by atoms with van der Waals surface area (Å²) < 4.78 is 5.84. The van der Waals surface area contributed by atoms with Gasteiger partial charge >= 0.3 is 0 Å². The number of hydrogen-bond donors (Lipinski definition) is 3. The molecule has 1 saturated heterocycles. The molecule has 0 radical (unpaired) electrons. The van der Waals surface area contributed by atoms with Crippen molar-refractivity contribution in [2.24, 2.45) is 0 Å². The summed E-state index contributed by atoms with van der Waals surface area (Å²) in [5, 5.41) is 19.0. The highest BCUT2D eigenvalue weighted by Crippen LogP contribution is 2.37. The lowest BCUT2D eigenvalue weighted by Gasteiger charge is -2.40. The van der Waals surface area contributed by atoms with Gasteiger partial charge in [0.15, 0.2) is 5.78 Å². The van der Waals surface area contributed by atoms with Crippen LogP contribution in [0.25, 0.3) is 0 Å². The van der Waals surface area contributed by atoms with Gasteiger partial charge in [-0.1, -0.05) is 30.3 Å². The monoisotopic (exact) mass is 355 g/mol. The summed E-state index contributed by atoms with van der Waals surface area (Å²) >= 11 is 0. The number of fused-ring (bicyclic) bond motifs is 2. The van der Waals surface area contributed by atoms with E-state index in [1.807, 2.05) is 38.1 Å². The third kappa shape index (κ3) is 3.10. The molecule has 1 fully saturated rings. The van der Waals surface area contributed by atoms with Crippen LogP contribution in [0.5, 0.6) is 0 Å². The molecule has 0 saturated carbocycles. The van der Waals surface area contributed by atoms with Crippen LogP contribution in [0.4, 0.5) is 0 Å². The van der Waals surface area contributed by atoms with E-state index >= 15 is 0 Å². The quantitative estimate of drug-likeness (QED) is 0.758. The summed E-state index contributed by atoms with van der Waals surface area (Å²) in [4.78, 5) is 11.8. The topological polar surface area (TPSA) is 73.8 Å². The van der Waals surface area contributed by atoms with Gasteiger partial charge in [-0.25, -0.2) is 0 Å². The number of benzene rings is 1. The van der Waals surface area contributed by atoms with Crippen LogP contribution >= 0.6 is 0 Å². The van der Waals surface area contributed by atoms with Crippen molar-refractivity contribution in [3.63, 3.8) is 0 Å². The molecule has 0 aromatic heterocycles. The SMILES string of the molecule is CC1(C)NC2=CC3=CC(=O)COC3C(NCCc3ccccc3)C2N1O. The Labute approximate surface area is 153 Å². The predicted molar refractivity (Wildman–Crippen MR) is 97.5 cm³/mol. The lowest BCUT2D eigenvalue weighted by molar-refractivity contribution is -0.178. The van der Waals surface area contributed by atoms with Gasteiger partial charge in [0.05, 0.1) is 12.1 Å². The molecule has 138 valence electrons. The fourth-order valence-corrected chi connectivity index (χ4v) is 4.04. The average Bonchev–Trinajstić information content (AvgIpc) is 2.84. The van der Waals surface area contributed by atoms with E-state index in [4.69, 9.17) is 4.74 Å². The molecular formula is C20H25N3O3. The molecule has 0 amide bonds. The number of hydroxylamine groups is 2. The second-order valence-electron chi connectivity index (χ2n) is 7.63. The van der Waals surface area contributed by atoms with Gasteiger partial charge in [-0.2, -0.15) is 5.06 Å². The highest BCUT2D eigenvalue weighted by atomic mass is 16.5. The minimum atomic E-state index is -0.575. The summed E-state index contributed by atoms with van der Waals surface area (Å²) in [7, 11) is 0. The van der Waals surface area contributed by atoms with Gasteiger partial charge in [0.1, 0.15) is 18.4 Å². The third-order valence-electron chi connectivity index (χ3n) is 5.29. The van der Waals surface area contributed by atoms with E-state index in [-0.39, 0.29) is 30.6 Å². The molecule has 2 aliphatic heterocycles. The van der Waals surface area contributed by atoms with Crippen LogP contribution in [0.2, 0.25) is 0 Å². The molecule has 1 aromatic carbocycles. The minimum absolute atomic E-state index is 0.0207. The average molecular weight is 355 g/mol. The second-order valence-corrected chi connectivity index (χ2v) is 7.63. The molecule has 2 heterocycles. The molecule has 6 heteroatoms. The van der Waals surface area contributed by atoms with Crippen molar-refractivity contribution in [3.8, 4) is 0 Å². The lowest BCUT2D eigenvalue weighted by atomic mass is 9.85.